The van der Waals surface area contributed by atoms with Gasteiger partial charge in [-0.1, -0.05) is 29.8 Å². The number of nitrogens with zero attached hydrogens (tertiary/aromatic N) is 2. The standard InChI is InChI=1S/C19H16ClN3O3/c1-26-16-8-11(6-7-15(16)24)12-9-17(25)22-19-18(12)21-10-23(19)14-5-3-2-4-13(14)20/h2-8,10,12,24H,9H2,1H3,(H,22,25)/t12-/m0/s1. The van der Waals surface area contributed by atoms with Crippen molar-refractivity contribution in [3.05, 3.63) is 65.1 Å². The van der Waals surface area contributed by atoms with E-state index >= 15 is 0 Å². The first-order chi connectivity index (χ1) is 12.6. The number of fused-ring (bicyclic) bond motifs is 1. The van der Waals surface area contributed by atoms with Gasteiger partial charge in [0.25, 0.3) is 0 Å². The third-order valence-corrected chi connectivity index (χ3v) is 4.81. The molecule has 1 amide bonds. The van der Waals surface area contributed by atoms with Crippen LogP contribution in [0.4, 0.5) is 5.82 Å². The van der Waals surface area contributed by atoms with Crippen molar-refractivity contribution in [2.45, 2.75) is 12.3 Å². The number of phenols is 1. The minimum Gasteiger partial charge on any atom is -0.504 e. The Morgan fingerprint density at radius 3 is 2.88 bits per heavy atom. The SMILES string of the molecule is COc1cc([C@@H]2CC(=O)Nc3c2ncn3-c2ccccc2Cl)ccc1O. The number of ether oxygens (including phenoxy) is 1. The molecule has 6 nitrogen and oxygen atoms in total. The van der Waals surface area contributed by atoms with Crippen LogP contribution in [-0.4, -0.2) is 27.7 Å². The molecular formula is C19H16ClN3O3. The largest absolute Gasteiger partial charge is 0.504 e. The van der Waals surface area contributed by atoms with Crippen molar-refractivity contribution < 1.29 is 14.6 Å². The van der Waals surface area contributed by atoms with Crippen LogP contribution in [0.25, 0.3) is 5.69 Å². The lowest BCUT2D eigenvalue weighted by molar-refractivity contribution is -0.116. The number of aromatic hydroxyl groups is 1. The van der Waals surface area contributed by atoms with Gasteiger partial charge in [-0.05, 0) is 29.8 Å². The van der Waals surface area contributed by atoms with Crippen LogP contribution in [-0.2, 0) is 4.79 Å². The fourth-order valence-corrected chi connectivity index (χ4v) is 3.45. The fourth-order valence-electron chi connectivity index (χ4n) is 3.22. The summed E-state index contributed by atoms with van der Waals surface area (Å²) in [6.07, 6.45) is 1.92. The Morgan fingerprint density at radius 2 is 2.12 bits per heavy atom. The van der Waals surface area contributed by atoms with E-state index in [0.29, 0.717) is 16.6 Å². The Morgan fingerprint density at radius 1 is 1.31 bits per heavy atom. The zero-order chi connectivity index (χ0) is 18.3. The number of methoxy groups -OCH3 is 1. The lowest BCUT2D eigenvalue weighted by Gasteiger charge is -2.24. The summed E-state index contributed by atoms with van der Waals surface area (Å²) in [6, 6.07) is 12.4. The minimum absolute atomic E-state index is 0.0540. The number of phenolic OH excluding ortho intramolecular Hbond substituents is 1. The van der Waals surface area contributed by atoms with E-state index in [1.165, 1.54) is 7.11 Å². The number of hydrogen-bond donors (Lipinski definition) is 2. The number of carbonyl (C=O) groups excluding carboxylic acids is 1. The summed E-state index contributed by atoms with van der Waals surface area (Å²) in [7, 11) is 1.49. The molecule has 0 unspecified atom stereocenters. The molecule has 1 aromatic heterocycles. The van der Waals surface area contributed by atoms with Gasteiger partial charge in [0.2, 0.25) is 5.91 Å². The highest BCUT2D eigenvalue weighted by atomic mass is 35.5. The summed E-state index contributed by atoms with van der Waals surface area (Å²) < 4.78 is 6.97. The number of imidazole rings is 1. The van der Waals surface area contributed by atoms with E-state index in [4.69, 9.17) is 16.3 Å². The third-order valence-electron chi connectivity index (χ3n) is 4.49. The van der Waals surface area contributed by atoms with Crippen molar-refractivity contribution in [2.75, 3.05) is 12.4 Å². The number of nitrogens with one attached hydrogen (secondary N) is 1. The highest BCUT2D eigenvalue weighted by molar-refractivity contribution is 6.32. The molecule has 26 heavy (non-hydrogen) atoms. The predicted molar refractivity (Wildman–Crippen MR) is 98.3 cm³/mol. The van der Waals surface area contributed by atoms with Crippen molar-refractivity contribution >= 4 is 23.3 Å². The minimum atomic E-state index is -0.239. The molecule has 1 aliphatic heterocycles. The van der Waals surface area contributed by atoms with Gasteiger partial charge in [0.15, 0.2) is 11.5 Å². The molecule has 0 saturated carbocycles. The van der Waals surface area contributed by atoms with Crippen LogP contribution in [0.5, 0.6) is 11.5 Å². The number of benzene rings is 2. The lowest BCUT2D eigenvalue weighted by atomic mass is 9.89. The fraction of sp³-hybridized carbons (Fsp3) is 0.158. The molecule has 1 aliphatic rings. The van der Waals surface area contributed by atoms with Gasteiger partial charge >= 0.3 is 0 Å². The Hall–Kier alpha value is -2.99. The average Bonchev–Trinajstić information content (AvgIpc) is 3.05. The number of carbonyl (C=O) groups is 1. The van der Waals surface area contributed by atoms with E-state index in [9.17, 15) is 9.90 Å². The normalized spacial score (nSPS) is 16.1. The molecule has 2 aromatic carbocycles. The van der Waals surface area contributed by atoms with Crippen LogP contribution >= 0.6 is 11.6 Å². The van der Waals surface area contributed by atoms with Gasteiger partial charge in [-0.2, -0.15) is 0 Å². The van der Waals surface area contributed by atoms with E-state index in [0.717, 1.165) is 16.9 Å². The number of anilines is 1. The van der Waals surface area contributed by atoms with E-state index in [-0.39, 0.29) is 24.0 Å². The summed E-state index contributed by atoms with van der Waals surface area (Å²) in [5.41, 5.74) is 2.34. The van der Waals surface area contributed by atoms with Gasteiger partial charge in [-0.25, -0.2) is 4.98 Å². The second-order valence-corrected chi connectivity index (χ2v) is 6.44. The van der Waals surface area contributed by atoms with Crippen LogP contribution in [0.1, 0.15) is 23.6 Å². The molecule has 4 rings (SSSR count). The van der Waals surface area contributed by atoms with Crippen molar-refractivity contribution in [3.8, 4) is 17.2 Å². The zero-order valence-electron chi connectivity index (χ0n) is 13.9. The van der Waals surface area contributed by atoms with Crippen LogP contribution in [0.15, 0.2) is 48.8 Å². The quantitative estimate of drug-likeness (QED) is 0.737. The van der Waals surface area contributed by atoms with Crippen LogP contribution in [0.2, 0.25) is 5.02 Å². The molecule has 0 spiro atoms. The number of rotatable bonds is 3. The first-order valence-corrected chi connectivity index (χ1v) is 8.45. The molecule has 0 fully saturated rings. The van der Waals surface area contributed by atoms with E-state index in [1.807, 2.05) is 18.2 Å². The second kappa shape index (κ2) is 6.38. The van der Waals surface area contributed by atoms with Gasteiger partial charge in [0.05, 0.1) is 23.5 Å². The number of para-hydroxylation sites is 1. The molecular weight excluding hydrogens is 354 g/mol. The third kappa shape index (κ3) is 2.68. The highest BCUT2D eigenvalue weighted by Gasteiger charge is 2.31. The average molecular weight is 370 g/mol. The number of halogens is 1. The predicted octanol–water partition coefficient (Wildman–Crippen LogP) is 3.71. The van der Waals surface area contributed by atoms with Crippen LogP contribution in [0.3, 0.4) is 0 Å². The van der Waals surface area contributed by atoms with Crippen molar-refractivity contribution in [1.82, 2.24) is 9.55 Å². The van der Waals surface area contributed by atoms with Gasteiger partial charge in [-0.3, -0.25) is 9.36 Å². The highest BCUT2D eigenvalue weighted by Crippen LogP contribution is 2.40. The van der Waals surface area contributed by atoms with Crippen molar-refractivity contribution in [3.63, 3.8) is 0 Å². The summed E-state index contributed by atoms with van der Waals surface area (Å²) in [6.45, 7) is 0. The molecule has 0 aliphatic carbocycles. The Bertz CT molecular complexity index is 999. The maximum Gasteiger partial charge on any atom is 0.226 e. The van der Waals surface area contributed by atoms with E-state index in [2.05, 4.69) is 10.3 Å². The first kappa shape index (κ1) is 16.5. The molecule has 132 valence electrons. The van der Waals surface area contributed by atoms with Crippen LogP contribution < -0.4 is 10.1 Å². The number of amides is 1. The molecule has 0 saturated heterocycles. The zero-order valence-corrected chi connectivity index (χ0v) is 14.7. The second-order valence-electron chi connectivity index (χ2n) is 6.04. The summed E-state index contributed by atoms with van der Waals surface area (Å²) in [5, 5.41) is 13.3. The molecule has 0 radical (unpaired) electrons. The topological polar surface area (TPSA) is 76.4 Å². The van der Waals surface area contributed by atoms with Gasteiger partial charge in [0, 0.05) is 12.3 Å². The first-order valence-electron chi connectivity index (χ1n) is 8.07. The Kier molecular flexibility index (Phi) is 4.05. The Balaban J connectivity index is 1.83. The Labute approximate surface area is 155 Å². The van der Waals surface area contributed by atoms with Crippen LogP contribution in [0, 0.1) is 0 Å². The lowest BCUT2D eigenvalue weighted by Crippen LogP contribution is -2.25. The molecule has 2 N–H and O–H groups in total. The number of hydrogen-bond acceptors (Lipinski definition) is 4. The summed E-state index contributed by atoms with van der Waals surface area (Å²) >= 11 is 6.30. The molecule has 3 aromatic rings. The van der Waals surface area contributed by atoms with Gasteiger partial charge < -0.3 is 15.2 Å². The molecule has 0 bridgehead atoms. The monoisotopic (exact) mass is 369 g/mol. The molecule has 1 atom stereocenters. The molecule has 2 heterocycles. The van der Waals surface area contributed by atoms with Gasteiger partial charge in [0.1, 0.15) is 12.1 Å². The van der Waals surface area contributed by atoms with Crippen molar-refractivity contribution in [1.29, 1.82) is 0 Å². The van der Waals surface area contributed by atoms with Crippen molar-refractivity contribution in [2.24, 2.45) is 0 Å². The van der Waals surface area contributed by atoms with Gasteiger partial charge in [-0.15, -0.1) is 0 Å². The smallest absolute Gasteiger partial charge is 0.226 e. The maximum atomic E-state index is 12.3. The van der Waals surface area contributed by atoms with E-state index < -0.39 is 0 Å². The van der Waals surface area contributed by atoms with E-state index in [1.54, 1.807) is 35.2 Å². The summed E-state index contributed by atoms with van der Waals surface area (Å²) in [5.74, 6) is 0.672. The molecule has 7 heteroatoms. The number of aromatic nitrogens is 2. The summed E-state index contributed by atoms with van der Waals surface area (Å²) in [4.78, 5) is 16.9. The maximum absolute atomic E-state index is 12.3.